The number of hydrogen-bond donors (Lipinski definition) is 7. The van der Waals surface area contributed by atoms with Gasteiger partial charge in [0.15, 0.2) is 18.7 Å². The second-order valence-electron chi connectivity index (χ2n) is 18.7. The molecule has 2 aliphatic heterocycles. The summed E-state index contributed by atoms with van der Waals surface area (Å²) >= 11 is 0. The lowest BCUT2D eigenvalue weighted by Crippen LogP contribution is -2.61. The number of carbonyl (C=O) groups excluding carboxylic acids is 2. The molecule has 2 saturated heterocycles. The molecule has 0 aromatic rings. The molecule has 0 aromatic carbocycles. The van der Waals surface area contributed by atoms with E-state index in [9.17, 15) is 45.3 Å². The van der Waals surface area contributed by atoms with Crippen molar-refractivity contribution in [2.75, 3.05) is 26.4 Å². The molecule has 5 unspecified atom stereocenters. The largest absolute Gasteiger partial charge is 0.462 e. The summed E-state index contributed by atoms with van der Waals surface area (Å²) in [7, 11) is 0. The molecule has 0 radical (unpaired) electrons. The van der Waals surface area contributed by atoms with Crippen LogP contribution in [-0.2, 0) is 38.0 Å². The summed E-state index contributed by atoms with van der Waals surface area (Å²) in [5, 5.41) is 72.1. The molecule has 0 saturated carbocycles. The van der Waals surface area contributed by atoms with E-state index < -0.39 is 99.3 Å². The Labute approximate surface area is 420 Å². The van der Waals surface area contributed by atoms with Gasteiger partial charge in [-0.1, -0.05) is 171 Å². The Hall–Kier alpha value is -2.80. The van der Waals surface area contributed by atoms with Crippen LogP contribution in [0.5, 0.6) is 0 Å². The van der Waals surface area contributed by atoms with Crippen molar-refractivity contribution in [3.8, 4) is 0 Å². The first-order valence-electron chi connectivity index (χ1n) is 26.9. The molecule has 404 valence electrons. The fourth-order valence-corrected chi connectivity index (χ4v) is 8.20. The molecule has 0 bridgehead atoms. The molecule has 15 heteroatoms. The Morgan fingerprint density at radius 3 is 1.49 bits per heavy atom. The summed E-state index contributed by atoms with van der Waals surface area (Å²) in [6, 6.07) is 0. The van der Waals surface area contributed by atoms with E-state index in [1.807, 2.05) is 24.3 Å². The fourth-order valence-electron chi connectivity index (χ4n) is 8.20. The number of esters is 2. The molecular formula is C55H94O15. The minimum absolute atomic E-state index is 0.141. The van der Waals surface area contributed by atoms with E-state index in [-0.39, 0.29) is 19.4 Å². The summed E-state index contributed by atoms with van der Waals surface area (Å²) in [5.74, 6) is -0.950. The maximum absolute atomic E-state index is 13.0. The molecule has 0 aromatic heterocycles. The lowest BCUT2D eigenvalue weighted by molar-refractivity contribution is -0.332. The predicted molar refractivity (Wildman–Crippen MR) is 270 cm³/mol. The van der Waals surface area contributed by atoms with Crippen LogP contribution in [-0.4, -0.2) is 142 Å². The van der Waals surface area contributed by atoms with Crippen molar-refractivity contribution in [2.45, 2.75) is 248 Å². The van der Waals surface area contributed by atoms with E-state index in [2.05, 4.69) is 50.3 Å². The van der Waals surface area contributed by atoms with Gasteiger partial charge in [0.2, 0.25) is 0 Å². The zero-order valence-corrected chi connectivity index (χ0v) is 42.7. The molecule has 0 spiro atoms. The Bertz CT molecular complexity index is 1450. The number of aliphatic hydroxyl groups is 7. The van der Waals surface area contributed by atoms with Crippen LogP contribution < -0.4 is 0 Å². The van der Waals surface area contributed by atoms with Gasteiger partial charge < -0.3 is 64.2 Å². The highest BCUT2D eigenvalue weighted by molar-refractivity contribution is 5.70. The predicted octanol–water partition coefficient (Wildman–Crippen LogP) is 8.05. The Morgan fingerprint density at radius 2 is 0.929 bits per heavy atom. The first-order chi connectivity index (χ1) is 34.0. The monoisotopic (exact) mass is 995 g/mol. The summed E-state index contributed by atoms with van der Waals surface area (Å²) in [6.45, 7) is 2.33. The van der Waals surface area contributed by atoms with Gasteiger partial charge in [-0.05, 0) is 57.8 Å². The lowest BCUT2D eigenvalue weighted by Gasteiger charge is -2.42. The van der Waals surface area contributed by atoms with Crippen molar-refractivity contribution in [3.05, 3.63) is 60.8 Å². The first kappa shape index (κ1) is 63.3. The number of hydrogen-bond acceptors (Lipinski definition) is 15. The normalized spacial score (nSPS) is 25.8. The standard InChI is InChI=1S/C55H94O15/c1-3-5-7-9-11-13-15-17-18-19-20-21-22-23-24-26-27-29-31-33-35-37-46(57)65-40-43(68-47(58)38-36-34-32-30-28-25-16-14-12-10-8-6-4-2)41-66-54-53(64)51(62)49(60)45(70-54)42-67-55-52(63)50(61)48(59)44(39-56)69-55/h5-8,10-14,16,43-45,48-56,59-64H,3-4,9,15,17-42H2,1-2H3/b7-5+,8-6+,12-10+,13-11+,16-14+/t43?,44-,45-,48+,49+,50?,51?,52?,53?,54-,55-/m1/s1. The third-order valence-corrected chi connectivity index (χ3v) is 12.6. The quantitative estimate of drug-likeness (QED) is 0.0133. The van der Waals surface area contributed by atoms with Crippen LogP contribution in [0.15, 0.2) is 60.8 Å². The minimum atomic E-state index is -1.77. The van der Waals surface area contributed by atoms with Crippen molar-refractivity contribution in [1.29, 1.82) is 0 Å². The van der Waals surface area contributed by atoms with E-state index in [0.717, 1.165) is 70.6 Å². The molecule has 0 aliphatic carbocycles. The Morgan fingerprint density at radius 1 is 0.471 bits per heavy atom. The van der Waals surface area contributed by atoms with E-state index in [1.54, 1.807) is 0 Å². The molecule has 70 heavy (non-hydrogen) atoms. The molecule has 2 heterocycles. The van der Waals surface area contributed by atoms with Crippen LogP contribution in [0.4, 0.5) is 0 Å². The smallest absolute Gasteiger partial charge is 0.306 e. The number of carbonyl (C=O) groups is 2. The highest BCUT2D eigenvalue weighted by Crippen LogP contribution is 2.26. The van der Waals surface area contributed by atoms with Crippen LogP contribution in [0.3, 0.4) is 0 Å². The van der Waals surface area contributed by atoms with Gasteiger partial charge in [-0.15, -0.1) is 0 Å². The van der Waals surface area contributed by atoms with Crippen molar-refractivity contribution in [2.24, 2.45) is 0 Å². The third-order valence-electron chi connectivity index (χ3n) is 12.6. The molecule has 7 N–H and O–H groups in total. The maximum Gasteiger partial charge on any atom is 0.306 e. The average molecular weight is 995 g/mol. The molecule has 0 amide bonds. The first-order valence-corrected chi connectivity index (χ1v) is 26.9. The molecule has 2 rings (SSSR count). The Balaban J connectivity index is 1.76. The van der Waals surface area contributed by atoms with Crippen molar-refractivity contribution in [3.63, 3.8) is 0 Å². The van der Waals surface area contributed by atoms with Gasteiger partial charge in [0.1, 0.15) is 55.4 Å². The summed E-state index contributed by atoms with van der Waals surface area (Å²) in [4.78, 5) is 25.8. The summed E-state index contributed by atoms with van der Waals surface area (Å²) in [6.07, 6.45) is 31.1. The molecule has 2 aliphatic rings. The number of rotatable bonds is 41. The topological polar surface area (TPSA) is 231 Å². The Kier molecular flexibility index (Phi) is 37.7. The van der Waals surface area contributed by atoms with Gasteiger partial charge in [0.05, 0.1) is 19.8 Å². The number of ether oxygens (including phenoxy) is 6. The number of aliphatic hydroxyl groups excluding tert-OH is 7. The van der Waals surface area contributed by atoms with Crippen molar-refractivity contribution >= 4 is 11.9 Å². The van der Waals surface area contributed by atoms with Crippen LogP contribution in [0.1, 0.15) is 181 Å². The SMILES string of the molecule is CC/C=C/C=C/C=C/CCCCCCCC(=O)OC(COC(=O)CCCCCCCCCCCCCCCC/C=C/C/C=C/CC)CO[C@@H]1O[C@H](CO[C@@H]2O[C@H](CO)[C@H](O)C(O)C2O)[C@H](O)C(O)C1O. The zero-order chi connectivity index (χ0) is 51.0. The van der Waals surface area contributed by atoms with Gasteiger partial charge in [-0.3, -0.25) is 9.59 Å². The van der Waals surface area contributed by atoms with Gasteiger partial charge in [-0.2, -0.15) is 0 Å². The van der Waals surface area contributed by atoms with Crippen molar-refractivity contribution in [1.82, 2.24) is 0 Å². The average Bonchev–Trinajstić information content (AvgIpc) is 3.35. The highest BCUT2D eigenvalue weighted by atomic mass is 16.7. The number of allylic oxidation sites excluding steroid dienone is 10. The van der Waals surface area contributed by atoms with Crippen LogP contribution in [0, 0.1) is 0 Å². The second-order valence-corrected chi connectivity index (χ2v) is 18.7. The van der Waals surface area contributed by atoms with E-state index in [4.69, 9.17) is 28.4 Å². The second kappa shape index (κ2) is 41.6. The van der Waals surface area contributed by atoms with Crippen LogP contribution in [0.25, 0.3) is 0 Å². The van der Waals surface area contributed by atoms with E-state index >= 15 is 0 Å². The van der Waals surface area contributed by atoms with Crippen LogP contribution >= 0.6 is 0 Å². The molecule has 2 fully saturated rings. The zero-order valence-electron chi connectivity index (χ0n) is 42.7. The summed E-state index contributed by atoms with van der Waals surface area (Å²) in [5.41, 5.74) is 0. The van der Waals surface area contributed by atoms with Gasteiger partial charge in [0, 0.05) is 12.8 Å². The fraction of sp³-hybridized carbons (Fsp3) is 0.782. The van der Waals surface area contributed by atoms with Crippen LogP contribution in [0.2, 0.25) is 0 Å². The van der Waals surface area contributed by atoms with Gasteiger partial charge in [-0.25, -0.2) is 0 Å². The molecule has 11 atom stereocenters. The maximum atomic E-state index is 13.0. The highest BCUT2D eigenvalue weighted by Gasteiger charge is 2.47. The van der Waals surface area contributed by atoms with Gasteiger partial charge >= 0.3 is 11.9 Å². The molecule has 15 nitrogen and oxygen atoms in total. The third kappa shape index (κ3) is 29.0. The van der Waals surface area contributed by atoms with E-state index in [1.165, 1.54) is 70.6 Å². The molecular weight excluding hydrogens is 901 g/mol. The van der Waals surface area contributed by atoms with E-state index in [0.29, 0.717) is 12.8 Å². The van der Waals surface area contributed by atoms with Crippen molar-refractivity contribution < 1.29 is 73.8 Å². The number of unbranched alkanes of at least 4 members (excludes halogenated alkanes) is 19. The summed E-state index contributed by atoms with van der Waals surface area (Å²) < 4.78 is 33.6. The van der Waals surface area contributed by atoms with Gasteiger partial charge in [0.25, 0.3) is 0 Å². The minimum Gasteiger partial charge on any atom is -0.462 e. The lowest BCUT2D eigenvalue weighted by atomic mass is 9.98.